The van der Waals surface area contributed by atoms with E-state index < -0.39 is 0 Å². The van der Waals surface area contributed by atoms with E-state index in [1.165, 1.54) is 22.0 Å². The van der Waals surface area contributed by atoms with Gasteiger partial charge in [-0.3, -0.25) is 5.41 Å². The number of amidine groups is 2. The van der Waals surface area contributed by atoms with Crippen molar-refractivity contribution in [2.24, 2.45) is 15.9 Å². The zero-order valence-corrected chi connectivity index (χ0v) is 31.7. The first kappa shape index (κ1) is 35.3. The summed E-state index contributed by atoms with van der Waals surface area (Å²) in [7, 11) is 0. The van der Waals surface area contributed by atoms with Gasteiger partial charge in [0.25, 0.3) is 0 Å². The van der Waals surface area contributed by atoms with E-state index >= 15 is 0 Å². The minimum absolute atomic E-state index is 0.122. The molecule has 0 bridgehead atoms. The molecule has 0 amide bonds. The molecular formula is C52H41N5. The maximum atomic E-state index is 9.25. The second-order valence-corrected chi connectivity index (χ2v) is 14.5. The van der Waals surface area contributed by atoms with Gasteiger partial charge in [-0.25, -0.2) is 9.98 Å². The highest BCUT2D eigenvalue weighted by molar-refractivity contribution is 6.15. The van der Waals surface area contributed by atoms with Gasteiger partial charge in [-0.15, -0.1) is 0 Å². The largest absolute Gasteiger partial charge is 0.355 e. The zero-order chi connectivity index (χ0) is 38.6. The number of nitrogens with one attached hydrogen (secondary N) is 2. The number of hydrogen-bond acceptors (Lipinski definition) is 2. The van der Waals surface area contributed by atoms with Crippen molar-refractivity contribution in [2.75, 3.05) is 5.32 Å². The Morgan fingerprint density at radius 3 is 2.09 bits per heavy atom. The van der Waals surface area contributed by atoms with Crippen molar-refractivity contribution >= 4 is 56.8 Å². The maximum absolute atomic E-state index is 9.25. The third-order valence-electron chi connectivity index (χ3n) is 10.5. The fraction of sp³-hybridized carbons (Fsp3) is 0.0577. The molecule has 57 heavy (non-hydrogen) atoms. The van der Waals surface area contributed by atoms with Crippen molar-refractivity contribution in [2.45, 2.75) is 13.3 Å². The minimum Gasteiger partial charge on any atom is -0.355 e. The number of hydrogen-bond donors (Lipinski definition) is 2. The highest BCUT2D eigenvalue weighted by Gasteiger charge is 2.19. The van der Waals surface area contributed by atoms with Gasteiger partial charge in [-0.1, -0.05) is 165 Å². The highest BCUT2D eigenvalue weighted by Crippen LogP contribution is 2.41. The Kier molecular flexibility index (Phi) is 9.78. The van der Waals surface area contributed by atoms with E-state index in [4.69, 9.17) is 9.98 Å². The first-order valence-electron chi connectivity index (χ1n) is 19.4. The number of anilines is 2. The lowest BCUT2D eigenvalue weighted by Crippen LogP contribution is -2.05. The molecule has 9 rings (SSSR count). The fourth-order valence-corrected chi connectivity index (χ4v) is 7.63. The van der Waals surface area contributed by atoms with Crippen LogP contribution in [0.3, 0.4) is 0 Å². The molecule has 274 valence electrons. The monoisotopic (exact) mass is 735 g/mol. The maximum Gasteiger partial charge on any atom is 0.161 e. The van der Waals surface area contributed by atoms with Gasteiger partial charge in [0.2, 0.25) is 0 Å². The molecule has 0 saturated heterocycles. The summed E-state index contributed by atoms with van der Waals surface area (Å²) < 4.78 is 2.43. The molecule has 0 fully saturated rings. The highest BCUT2D eigenvalue weighted by atomic mass is 15.0. The van der Waals surface area contributed by atoms with Gasteiger partial charge < -0.3 is 9.88 Å². The lowest BCUT2D eigenvalue weighted by Gasteiger charge is -2.19. The van der Waals surface area contributed by atoms with Gasteiger partial charge in [0.15, 0.2) is 11.7 Å². The summed E-state index contributed by atoms with van der Waals surface area (Å²) in [4.78, 5) is 9.66. The molecule has 5 nitrogen and oxygen atoms in total. The Morgan fingerprint density at radius 2 is 1.33 bits per heavy atom. The normalized spacial score (nSPS) is 14.3. The van der Waals surface area contributed by atoms with E-state index in [1.54, 1.807) is 6.21 Å². The summed E-state index contributed by atoms with van der Waals surface area (Å²) in [5.74, 6) is 1.05. The topological polar surface area (TPSA) is 65.5 Å². The molecule has 0 spiro atoms. The molecule has 1 aliphatic rings. The molecular weight excluding hydrogens is 695 g/mol. The van der Waals surface area contributed by atoms with Gasteiger partial charge in [-0.2, -0.15) is 0 Å². The van der Waals surface area contributed by atoms with Crippen LogP contribution in [0.15, 0.2) is 204 Å². The Labute approximate surface area is 333 Å². The lowest BCUT2D eigenvalue weighted by molar-refractivity contribution is 0.730. The van der Waals surface area contributed by atoms with Crippen molar-refractivity contribution in [3.05, 3.63) is 211 Å². The quantitative estimate of drug-likeness (QED) is 0.118. The summed E-state index contributed by atoms with van der Waals surface area (Å²) in [5, 5.41) is 15.5. The van der Waals surface area contributed by atoms with E-state index in [-0.39, 0.29) is 5.84 Å². The van der Waals surface area contributed by atoms with Crippen LogP contribution in [0.4, 0.5) is 11.4 Å². The molecule has 0 aliphatic heterocycles. The van der Waals surface area contributed by atoms with Crippen molar-refractivity contribution in [3.63, 3.8) is 0 Å². The average molecular weight is 736 g/mol. The van der Waals surface area contributed by atoms with Gasteiger partial charge >= 0.3 is 0 Å². The number of fused-ring (bicyclic) bond motifs is 3. The molecule has 0 saturated carbocycles. The van der Waals surface area contributed by atoms with Crippen LogP contribution in [0, 0.1) is 11.3 Å². The van der Waals surface area contributed by atoms with E-state index in [0.717, 1.165) is 56.7 Å². The smallest absolute Gasteiger partial charge is 0.161 e. The Balaban J connectivity index is 1.10. The first-order chi connectivity index (χ1) is 28.1. The van der Waals surface area contributed by atoms with Gasteiger partial charge in [-0.05, 0) is 71.0 Å². The number of nitrogens with zero attached hydrogens (tertiary/aromatic N) is 3. The zero-order valence-electron chi connectivity index (χ0n) is 31.7. The van der Waals surface area contributed by atoms with E-state index in [0.29, 0.717) is 17.3 Å². The summed E-state index contributed by atoms with van der Waals surface area (Å²) in [6, 6.07) is 60.2. The third-order valence-corrected chi connectivity index (χ3v) is 10.5. The molecule has 1 aliphatic carbocycles. The van der Waals surface area contributed by atoms with Gasteiger partial charge in [0, 0.05) is 50.7 Å². The summed E-state index contributed by atoms with van der Waals surface area (Å²) in [5.41, 5.74) is 12.4. The van der Waals surface area contributed by atoms with Crippen LogP contribution in [0.2, 0.25) is 0 Å². The van der Waals surface area contributed by atoms with E-state index in [1.807, 2.05) is 84.9 Å². The second-order valence-electron chi connectivity index (χ2n) is 14.5. The third kappa shape index (κ3) is 7.51. The number of rotatable bonds is 8. The van der Waals surface area contributed by atoms with Crippen molar-refractivity contribution in [1.82, 2.24) is 4.57 Å². The number of aliphatic imine (C=N–C) groups is 2. The van der Waals surface area contributed by atoms with Crippen LogP contribution in [-0.2, 0) is 0 Å². The summed E-state index contributed by atoms with van der Waals surface area (Å²) in [6.45, 7) is 2.27. The van der Waals surface area contributed by atoms with Crippen LogP contribution in [0.1, 0.15) is 30.0 Å². The minimum atomic E-state index is 0.122. The van der Waals surface area contributed by atoms with Crippen molar-refractivity contribution in [1.29, 1.82) is 5.41 Å². The predicted octanol–water partition coefficient (Wildman–Crippen LogP) is 13.2. The van der Waals surface area contributed by atoms with Crippen molar-refractivity contribution < 1.29 is 0 Å². The number of benzene rings is 7. The van der Waals surface area contributed by atoms with Gasteiger partial charge in [0.1, 0.15) is 0 Å². The summed E-state index contributed by atoms with van der Waals surface area (Å²) in [6.07, 6.45) is 9.47. The van der Waals surface area contributed by atoms with Crippen LogP contribution < -0.4 is 5.32 Å². The molecule has 1 unspecified atom stereocenters. The molecule has 1 aromatic heterocycles. The molecule has 0 radical (unpaired) electrons. The number of allylic oxidation sites excluding steroid dienone is 4. The SMILES string of the molecule is CC1C=CC=C(n2c3ccccc3c3cc(-c4ccccc4)c(Nc4cccc(C(=N)N=C(N=Cc5ccccc5)c5ccc(-c6ccccc6)cc5)c4)cc32)C1. The fourth-order valence-electron chi connectivity index (χ4n) is 7.63. The second kappa shape index (κ2) is 15.8. The van der Waals surface area contributed by atoms with E-state index in [2.05, 4.69) is 126 Å². The van der Waals surface area contributed by atoms with E-state index in [9.17, 15) is 5.41 Å². The molecule has 2 N–H and O–H groups in total. The van der Waals surface area contributed by atoms with Crippen LogP contribution >= 0.6 is 0 Å². The number of aromatic nitrogens is 1. The average Bonchev–Trinajstić information content (AvgIpc) is 3.59. The molecule has 7 aromatic carbocycles. The standard InChI is InChI=1S/C52H41N5/c1-36-15-13-24-44(31-36)57-49-26-12-11-25-45(49)47-33-46(40-20-9-4-10-21-40)48(34-50(47)57)55-43-23-14-22-42(32-43)51(53)56-52(54-35-37-16-5-2-6-17-37)41-29-27-39(28-30-41)38-18-7-3-8-19-38/h2-30,32-36,53,55H,31H2,1H3. The Hall–Kier alpha value is -7.37. The van der Waals surface area contributed by atoms with Crippen LogP contribution in [-0.4, -0.2) is 22.5 Å². The van der Waals surface area contributed by atoms with Crippen molar-refractivity contribution in [3.8, 4) is 22.3 Å². The molecule has 5 heteroatoms. The lowest BCUT2D eigenvalue weighted by atomic mass is 9.99. The Morgan fingerprint density at radius 1 is 0.649 bits per heavy atom. The van der Waals surface area contributed by atoms with Gasteiger partial charge in [0.05, 0.1) is 11.0 Å². The molecule has 8 aromatic rings. The molecule has 1 atom stereocenters. The Bertz CT molecular complexity index is 2850. The number of para-hydroxylation sites is 1. The van der Waals surface area contributed by atoms with Crippen LogP contribution in [0.5, 0.6) is 0 Å². The summed E-state index contributed by atoms with van der Waals surface area (Å²) >= 11 is 0. The van der Waals surface area contributed by atoms with Crippen LogP contribution in [0.25, 0.3) is 49.8 Å². The molecule has 1 heterocycles. The predicted molar refractivity (Wildman–Crippen MR) is 241 cm³/mol. The first-order valence-corrected chi connectivity index (χ1v) is 19.4.